The molecule has 0 spiro atoms. The van der Waals surface area contributed by atoms with E-state index < -0.39 is 0 Å². The molecule has 3 nitrogen and oxygen atoms in total. The van der Waals surface area contributed by atoms with E-state index in [1.807, 2.05) is 42.5 Å². The maximum Gasteiger partial charge on any atom is 0.120 e. The Morgan fingerprint density at radius 2 is 1.46 bits per heavy atom. The molecule has 0 aliphatic carbocycles. The van der Waals surface area contributed by atoms with Gasteiger partial charge < -0.3 is 14.4 Å². The highest BCUT2D eigenvalue weighted by atomic mass is 16.5. The molecule has 0 amide bonds. The normalized spacial score (nSPS) is 19.9. The largest absolute Gasteiger partial charge is 0.490 e. The summed E-state index contributed by atoms with van der Waals surface area (Å²) in [6.07, 6.45) is 1.22. The minimum atomic E-state index is 0.190. The monoisotopic (exact) mass is 373 g/mol. The third-order valence-corrected chi connectivity index (χ3v) is 5.34. The van der Waals surface area contributed by atoms with Crippen molar-refractivity contribution >= 4 is 0 Å². The Labute approximate surface area is 167 Å². The lowest BCUT2D eigenvalue weighted by molar-refractivity contribution is 0.0901. The van der Waals surface area contributed by atoms with Crippen molar-refractivity contribution in [3.63, 3.8) is 0 Å². The summed E-state index contributed by atoms with van der Waals surface area (Å²) >= 11 is 0. The van der Waals surface area contributed by atoms with Crippen molar-refractivity contribution in [2.24, 2.45) is 0 Å². The van der Waals surface area contributed by atoms with Crippen LogP contribution in [0.2, 0.25) is 0 Å². The van der Waals surface area contributed by atoms with Crippen LogP contribution < -0.4 is 9.47 Å². The van der Waals surface area contributed by atoms with Crippen LogP contribution in [0.1, 0.15) is 23.5 Å². The minimum absolute atomic E-state index is 0.190. The van der Waals surface area contributed by atoms with Crippen molar-refractivity contribution in [3.05, 3.63) is 96.1 Å². The third-order valence-electron chi connectivity index (χ3n) is 5.34. The van der Waals surface area contributed by atoms with Gasteiger partial charge in [0, 0.05) is 19.0 Å². The second-order valence-corrected chi connectivity index (χ2v) is 7.47. The fraction of sp³-hybridized carbons (Fsp3) is 0.280. The number of nitrogens with zero attached hydrogens (tertiary/aromatic N) is 1. The third kappa shape index (κ3) is 4.73. The van der Waals surface area contributed by atoms with Crippen LogP contribution in [0.25, 0.3) is 0 Å². The van der Waals surface area contributed by atoms with E-state index in [1.54, 1.807) is 0 Å². The van der Waals surface area contributed by atoms with Gasteiger partial charge in [-0.2, -0.15) is 0 Å². The lowest BCUT2D eigenvalue weighted by atomic mass is 9.88. The first-order valence-electron chi connectivity index (χ1n) is 9.95. The van der Waals surface area contributed by atoms with Crippen LogP contribution in [-0.4, -0.2) is 31.1 Å². The summed E-state index contributed by atoms with van der Waals surface area (Å²) in [5.41, 5.74) is 2.52. The summed E-state index contributed by atoms with van der Waals surface area (Å²) in [6.45, 7) is 2.66. The lowest BCUT2D eigenvalue weighted by Crippen LogP contribution is -2.42. The number of hydrogen-bond acceptors (Lipinski definition) is 3. The van der Waals surface area contributed by atoms with Crippen molar-refractivity contribution in [3.8, 4) is 11.5 Å². The first kappa shape index (κ1) is 18.6. The predicted octanol–water partition coefficient (Wildman–Crippen LogP) is 5.13. The molecule has 28 heavy (non-hydrogen) atoms. The molecule has 0 saturated carbocycles. The second kappa shape index (κ2) is 8.94. The fourth-order valence-corrected chi connectivity index (χ4v) is 3.78. The molecule has 1 heterocycles. The van der Waals surface area contributed by atoms with E-state index in [-0.39, 0.29) is 6.10 Å². The SMILES string of the molecule is CN1CC[C@H](Oc2ccc(OCc3ccccc3)cc2)[C@@H](c2ccccc2)C1. The van der Waals surface area contributed by atoms with Crippen LogP contribution in [-0.2, 0) is 6.61 Å². The van der Waals surface area contributed by atoms with Gasteiger partial charge in [-0.05, 0) is 48.9 Å². The minimum Gasteiger partial charge on any atom is -0.490 e. The van der Waals surface area contributed by atoms with Crippen LogP contribution in [0.15, 0.2) is 84.9 Å². The maximum atomic E-state index is 6.41. The van der Waals surface area contributed by atoms with Crippen molar-refractivity contribution in [1.82, 2.24) is 4.90 Å². The molecule has 3 heteroatoms. The Balaban J connectivity index is 1.40. The Morgan fingerprint density at radius 3 is 2.18 bits per heavy atom. The van der Waals surface area contributed by atoms with Gasteiger partial charge in [-0.15, -0.1) is 0 Å². The van der Waals surface area contributed by atoms with E-state index in [9.17, 15) is 0 Å². The number of rotatable bonds is 6. The maximum absolute atomic E-state index is 6.41. The van der Waals surface area contributed by atoms with Gasteiger partial charge in [-0.25, -0.2) is 0 Å². The molecular formula is C25H27NO2. The molecule has 0 N–H and O–H groups in total. The van der Waals surface area contributed by atoms with Gasteiger partial charge in [0.1, 0.15) is 24.2 Å². The smallest absolute Gasteiger partial charge is 0.120 e. The Hall–Kier alpha value is -2.78. The van der Waals surface area contributed by atoms with Gasteiger partial charge >= 0.3 is 0 Å². The second-order valence-electron chi connectivity index (χ2n) is 7.47. The highest BCUT2D eigenvalue weighted by Gasteiger charge is 2.30. The van der Waals surface area contributed by atoms with E-state index in [4.69, 9.17) is 9.47 Å². The molecule has 3 aromatic rings. The number of likely N-dealkylation sites (tertiary alicyclic amines) is 1. The van der Waals surface area contributed by atoms with E-state index in [0.717, 1.165) is 31.0 Å². The summed E-state index contributed by atoms with van der Waals surface area (Å²) in [4.78, 5) is 2.39. The zero-order chi connectivity index (χ0) is 19.2. The van der Waals surface area contributed by atoms with Crippen LogP contribution in [0.4, 0.5) is 0 Å². The Bertz CT molecular complexity index is 849. The Kier molecular flexibility index (Phi) is 5.93. The van der Waals surface area contributed by atoms with Gasteiger partial charge in [0.25, 0.3) is 0 Å². The summed E-state index contributed by atoms with van der Waals surface area (Å²) in [5, 5.41) is 0. The molecule has 144 valence electrons. The lowest BCUT2D eigenvalue weighted by Gasteiger charge is -2.37. The van der Waals surface area contributed by atoms with E-state index >= 15 is 0 Å². The number of likely N-dealkylation sites (N-methyl/N-ethyl adjacent to an activating group) is 1. The molecule has 0 radical (unpaired) electrons. The first-order chi connectivity index (χ1) is 13.8. The molecule has 2 atom stereocenters. The summed E-state index contributed by atoms with van der Waals surface area (Å²) < 4.78 is 12.3. The van der Waals surface area contributed by atoms with Gasteiger partial charge in [-0.1, -0.05) is 60.7 Å². The number of benzene rings is 3. The van der Waals surface area contributed by atoms with Crippen LogP contribution >= 0.6 is 0 Å². The zero-order valence-corrected chi connectivity index (χ0v) is 16.3. The topological polar surface area (TPSA) is 21.7 Å². The standard InChI is InChI=1S/C25H27NO2/c1-26-17-16-25(24(18-26)21-10-6-3-7-11-21)28-23-14-12-22(13-15-23)27-19-20-8-4-2-5-9-20/h2-15,24-25H,16-19H2,1H3/t24-,25+/m1/s1. The summed E-state index contributed by atoms with van der Waals surface area (Å²) in [6, 6.07) is 28.9. The van der Waals surface area contributed by atoms with Gasteiger partial charge in [0.05, 0.1) is 0 Å². The highest BCUT2D eigenvalue weighted by molar-refractivity contribution is 5.32. The molecule has 0 unspecified atom stereocenters. The summed E-state index contributed by atoms with van der Waals surface area (Å²) in [7, 11) is 2.19. The van der Waals surface area contributed by atoms with Gasteiger partial charge in [-0.3, -0.25) is 0 Å². The highest BCUT2D eigenvalue weighted by Crippen LogP contribution is 2.31. The van der Waals surface area contributed by atoms with E-state index in [0.29, 0.717) is 12.5 Å². The average Bonchev–Trinajstić information content (AvgIpc) is 2.76. The van der Waals surface area contributed by atoms with Crippen molar-refractivity contribution in [1.29, 1.82) is 0 Å². The molecule has 0 bridgehead atoms. The Morgan fingerprint density at radius 1 is 0.821 bits per heavy atom. The number of hydrogen-bond donors (Lipinski definition) is 0. The molecule has 4 rings (SSSR count). The van der Waals surface area contributed by atoms with Crippen molar-refractivity contribution in [2.75, 3.05) is 20.1 Å². The molecular weight excluding hydrogens is 346 g/mol. The van der Waals surface area contributed by atoms with Gasteiger partial charge in [0.15, 0.2) is 0 Å². The first-order valence-corrected chi connectivity index (χ1v) is 9.95. The molecule has 1 saturated heterocycles. The van der Waals surface area contributed by atoms with Crippen molar-refractivity contribution in [2.45, 2.75) is 25.0 Å². The average molecular weight is 373 g/mol. The van der Waals surface area contributed by atoms with Gasteiger partial charge in [0.2, 0.25) is 0 Å². The predicted molar refractivity (Wildman–Crippen MR) is 113 cm³/mol. The molecule has 1 fully saturated rings. The molecule has 0 aromatic heterocycles. The number of ether oxygens (including phenoxy) is 2. The molecule has 3 aromatic carbocycles. The van der Waals surface area contributed by atoms with Crippen LogP contribution in [0.5, 0.6) is 11.5 Å². The van der Waals surface area contributed by atoms with E-state index in [2.05, 4.69) is 54.4 Å². The quantitative estimate of drug-likeness (QED) is 0.598. The number of piperidine rings is 1. The van der Waals surface area contributed by atoms with Crippen molar-refractivity contribution < 1.29 is 9.47 Å². The fourth-order valence-electron chi connectivity index (χ4n) is 3.78. The van der Waals surface area contributed by atoms with E-state index in [1.165, 1.54) is 11.1 Å². The van der Waals surface area contributed by atoms with Crippen LogP contribution in [0, 0.1) is 0 Å². The summed E-state index contributed by atoms with van der Waals surface area (Å²) in [5.74, 6) is 2.15. The molecule has 1 aliphatic heterocycles. The molecule has 1 aliphatic rings. The zero-order valence-electron chi connectivity index (χ0n) is 16.3. The van der Waals surface area contributed by atoms with Crippen LogP contribution in [0.3, 0.4) is 0 Å².